The summed E-state index contributed by atoms with van der Waals surface area (Å²) in [5.74, 6) is 2.58. The topological polar surface area (TPSA) is 72.4 Å². The zero-order chi connectivity index (χ0) is 26.0. The molecule has 7 nitrogen and oxygen atoms in total. The smallest absolute Gasteiger partial charge is 0.251 e. The maximum atomic E-state index is 13.5. The van der Waals surface area contributed by atoms with Crippen molar-refractivity contribution < 1.29 is 9.53 Å². The number of amides is 1. The van der Waals surface area contributed by atoms with Crippen LogP contribution in [0.15, 0.2) is 47.5 Å². The molecule has 2 aliphatic rings. The fourth-order valence-corrected chi connectivity index (χ4v) is 5.25. The summed E-state index contributed by atoms with van der Waals surface area (Å²) in [5, 5.41) is 9.56. The summed E-state index contributed by atoms with van der Waals surface area (Å²) in [6.45, 7) is 12.8. The number of rotatable bonds is 6. The molecule has 3 heterocycles. The molecule has 3 aromatic rings. The maximum absolute atomic E-state index is 13.5. The monoisotopic (exact) mass is 505 g/mol. The molecule has 0 spiro atoms. The number of carbonyl (C=O) groups is 1. The van der Waals surface area contributed by atoms with Crippen molar-refractivity contribution in [2.75, 3.05) is 7.11 Å². The molecule has 1 saturated heterocycles. The largest absolute Gasteiger partial charge is 0.497 e. The molecule has 0 radical (unpaired) electrons. The fraction of sp³-hybridized carbons (Fsp3) is 0.429. The Bertz CT molecular complexity index is 1380. The van der Waals surface area contributed by atoms with Gasteiger partial charge in [-0.1, -0.05) is 51.4 Å². The summed E-state index contributed by atoms with van der Waals surface area (Å²) < 4.78 is 7.56. The molecule has 1 aromatic heterocycles. The standard InChI is InChI=1S/C28H32ClN5O2/c1-16(2)27(4,5)15-28(6)26(35)34(28)24-25-32-31-17(3)33(25)22-13-12-20(36-7)14-21(22)23(30-24)18-8-10-19(29)11-9-18/h8-14,16,24H,15H2,1-7H3. The number of aromatic nitrogens is 3. The van der Waals surface area contributed by atoms with E-state index in [0.717, 1.165) is 34.8 Å². The second-order valence-electron chi connectivity index (χ2n) is 11.0. The molecule has 1 fully saturated rings. The lowest BCUT2D eigenvalue weighted by Crippen LogP contribution is -2.30. The van der Waals surface area contributed by atoms with E-state index in [1.165, 1.54) is 0 Å². The van der Waals surface area contributed by atoms with Gasteiger partial charge >= 0.3 is 0 Å². The predicted octanol–water partition coefficient (Wildman–Crippen LogP) is 5.76. The van der Waals surface area contributed by atoms with Crippen LogP contribution in [0, 0.1) is 18.3 Å². The molecule has 2 aromatic carbocycles. The van der Waals surface area contributed by atoms with Gasteiger partial charge in [0.25, 0.3) is 5.91 Å². The van der Waals surface area contributed by atoms with E-state index in [1.807, 2.05) is 65.8 Å². The molecule has 0 N–H and O–H groups in total. The van der Waals surface area contributed by atoms with E-state index in [9.17, 15) is 4.79 Å². The Kier molecular flexibility index (Phi) is 5.75. The molecule has 1 amide bonds. The Morgan fingerprint density at radius 3 is 2.47 bits per heavy atom. The highest BCUT2D eigenvalue weighted by atomic mass is 35.5. The number of halogens is 1. The summed E-state index contributed by atoms with van der Waals surface area (Å²) in [7, 11) is 1.65. The number of fused-ring (bicyclic) bond motifs is 3. The first-order valence-electron chi connectivity index (χ1n) is 12.3. The zero-order valence-corrected chi connectivity index (χ0v) is 22.6. The first kappa shape index (κ1) is 24.5. The van der Waals surface area contributed by atoms with Gasteiger partial charge in [-0.15, -0.1) is 10.2 Å². The van der Waals surface area contributed by atoms with E-state index in [2.05, 4.69) is 37.9 Å². The Hall–Kier alpha value is -3.19. The molecule has 36 heavy (non-hydrogen) atoms. The SMILES string of the molecule is COc1ccc2c(c1)C(c1ccc(Cl)cc1)=NC(N1C(=O)C1(C)CC(C)(C)C(C)C)c1nnc(C)n1-2. The Balaban J connectivity index is 1.71. The number of ether oxygens (including phenoxy) is 1. The lowest BCUT2D eigenvalue weighted by Gasteiger charge is -2.32. The van der Waals surface area contributed by atoms with E-state index >= 15 is 0 Å². The molecule has 2 atom stereocenters. The van der Waals surface area contributed by atoms with E-state index in [0.29, 0.717) is 22.5 Å². The van der Waals surface area contributed by atoms with Gasteiger partial charge in [0.2, 0.25) is 0 Å². The van der Waals surface area contributed by atoms with Crippen LogP contribution in [-0.4, -0.2) is 43.9 Å². The summed E-state index contributed by atoms with van der Waals surface area (Å²) in [5.41, 5.74) is 2.76. The van der Waals surface area contributed by atoms with Gasteiger partial charge in [0, 0.05) is 16.1 Å². The molecule has 2 unspecified atom stereocenters. The van der Waals surface area contributed by atoms with Gasteiger partial charge in [0.1, 0.15) is 17.1 Å². The minimum Gasteiger partial charge on any atom is -0.497 e. The minimum absolute atomic E-state index is 0.0213. The normalized spacial score (nSPS) is 21.1. The van der Waals surface area contributed by atoms with Crippen molar-refractivity contribution in [1.82, 2.24) is 19.7 Å². The van der Waals surface area contributed by atoms with E-state index in [1.54, 1.807) is 7.11 Å². The van der Waals surface area contributed by atoms with Gasteiger partial charge in [0.05, 0.1) is 18.5 Å². The Morgan fingerprint density at radius 1 is 1.14 bits per heavy atom. The third-order valence-corrected chi connectivity index (χ3v) is 8.17. The van der Waals surface area contributed by atoms with Gasteiger partial charge in [-0.25, -0.2) is 0 Å². The Morgan fingerprint density at radius 2 is 1.83 bits per heavy atom. The summed E-state index contributed by atoms with van der Waals surface area (Å²) in [6.07, 6.45) is 0.114. The van der Waals surface area contributed by atoms with Crippen LogP contribution in [0.2, 0.25) is 5.02 Å². The highest BCUT2D eigenvalue weighted by molar-refractivity contribution is 6.30. The molecule has 0 aliphatic carbocycles. The van der Waals surface area contributed by atoms with Gasteiger partial charge in [-0.05, 0) is 61.9 Å². The molecular formula is C28H32ClN5O2. The van der Waals surface area contributed by atoms with E-state index in [4.69, 9.17) is 21.3 Å². The van der Waals surface area contributed by atoms with Crippen molar-refractivity contribution in [2.45, 2.75) is 59.7 Å². The van der Waals surface area contributed by atoms with Gasteiger partial charge in [-0.3, -0.25) is 19.3 Å². The summed E-state index contributed by atoms with van der Waals surface area (Å²) in [6, 6.07) is 13.5. The number of aryl methyl sites for hydroxylation is 1. The number of hydrogen-bond acceptors (Lipinski definition) is 5. The van der Waals surface area contributed by atoms with Crippen LogP contribution in [0.5, 0.6) is 5.75 Å². The quantitative estimate of drug-likeness (QED) is 0.399. The van der Waals surface area contributed by atoms with Crippen LogP contribution in [0.1, 0.15) is 70.0 Å². The molecular weight excluding hydrogens is 474 g/mol. The number of benzene rings is 2. The number of carbonyl (C=O) groups excluding carboxylic acids is 1. The lowest BCUT2D eigenvalue weighted by atomic mass is 9.74. The van der Waals surface area contributed by atoms with Crippen molar-refractivity contribution in [3.63, 3.8) is 0 Å². The zero-order valence-electron chi connectivity index (χ0n) is 21.8. The number of hydrogen-bond donors (Lipinski definition) is 0. The van der Waals surface area contributed by atoms with Crippen molar-refractivity contribution in [2.24, 2.45) is 16.3 Å². The van der Waals surface area contributed by atoms with E-state index < -0.39 is 11.7 Å². The van der Waals surface area contributed by atoms with E-state index in [-0.39, 0.29) is 11.3 Å². The van der Waals surface area contributed by atoms with Gasteiger partial charge in [0.15, 0.2) is 12.0 Å². The highest BCUT2D eigenvalue weighted by Gasteiger charge is 2.64. The third-order valence-electron chi connectivity index (χ3n) is 7.92. The molecule has 188 valence electrons. The number of aliphatic imine (C=N–C) groups is 1. The molecule has 2 aliphatic heterocycles. The second kappa shape index (κ2) is 8.44. The van der Waals surface area contributed by atoms with Crippen LogP contribution in [0.3, 0.4) is 0 Å². The van der Waals surface area contributed by atoms with Crippen molar-refractivity contribution in [3.8, 4) is 11.4 Å². The average Bonchev–Trinajstić information content (AvgIpc) is 3.17. The molecule has 0 saturated carbocycles. The first-order valence-corrected chi connectivity index (χ1v) is 12.6. The van der Waals surface area contributed by atoms with Crippen LogP contribution in [0.4, 0.5) is 0 Å². The lowest BCUT2D eigenvalue weighted by molar-refractivity contribution is -0.115. The van der Waals surface area contributed by atoms with Crippen LogP contribution in [0.25, 0.3) is 5.69 Å². The molecule has 5 rings (SSSR count). The predicted molar refractivity (Wildman–Crippen MR) is 141 cm³/mol. The van der Waals surface area contributed by atoms with Crippen LogP contribution < -0.4 is 4.74 Å². The van der Waals surface area contributed by atoms with Gasteiger partial charge in [-0.2, -0.15) is 0 Å². The van der Waals surface area contributed by atoms with Crippen molar-refractivity contribution in [3.05, 3.63) is 70.3 Å². The highest BCUT2D eigenvalue weighted by Crippen LogP contribution is 2.52. The molecule has 8 heteroatoms. The molecule has 0 bridgehead atoms. The second-order valence-corrected chi connectivity index (χ2v) is 11.4. The summed E-state index contributed by atoms with van der Waals surface area (Å²) in [4.78, 5) is 20.6. The number of nitrogens with zero attached hydrogens (tertiary/aromatic N) is 5. The van der Waals surface area contributed by atoms with Crippen molar-refractivity contribution in [1.29, 1.82) is 0 Å². The Labute approximate surface area is 217 Å². The third kappa shape index (κ3) is 3.81. The fourth-order valence-electron chi connectivity index (χ4n) is 5.13. The number of methoxy groups -OCH3 is 1. The van der Waals surface area contributed by atoms with Crippen LogP contribution >= 0.6 is 11.6 Å². The van der Waals surface area contributed by atoms with Crippen LogP contribution in [-0.2, 0) is 4.79 Å². The summed E-state index contributed by atoms with van der Waals surface area (Å²) >= 11 is 6.20. The maximum Gasteiger partial charge on any atom is 0.251 e. The van der Waals surface area contributed by atoms with Gasteiger partial charge < -0.3 is 4.74 Å². The minimum atomic E-state index is -0.633. The first-order chi connectivity index (χ1) is 17.0. The van der Waals surface area contributed by atoms with Crippen molar-refractivity contribution >= 4 is 23.2 Å². The average molecular weight is 506 g/mol.